The maximum Gasteiger partial charge on any atom is 0.373 e. The molecule has 1 rings (SSSR count). The Morgan fingerprint density at radius 1 is 1.53 bits per heavy atom. The maximum absolute atomic E-state index is 11.2. The Bertz CT molecular complexity index is 403. The number of methoxy groups -OCH3 is 1. The van der Waals surface area contributed by atoms with E-state index in [2.05, 4.69) is 30.0 Å². The van der Waals surface area contributed by atoms with Crippen LogP contribution in [0.4, 0.5) is 0 Å². The Labute approximate surface area is 102 Å². The summed E-state index contributed by atoms with van der Waals surface area (Å²) >= 11 is 0. The van der Waals surface area contributed by atoms with Crippen molar-refractivity contribution in [1.29, 1.82) is 0 Å². The largest absolute Gasteiger partial charge is 0.463 e. The van der Waals surface area contributed by atoms with Gasteiger partial charge in [0.25, 0.3) is 0 Å². The highest BCUT2D eigenvalue weighted by Crippen LogP contribution is 2.16. The van der Waals surface area contributed by atoms with Gasteiger partial charge >= 0.3 is 5.97 Å². The molecule has 4 nitrogen and oxygen atoms in total. The standard InChI is InChI=1S/C13H19NO3/c1-9(2)7-8-14-10(3)11-5-6-12(17-11)13(15)16-4/h5-7,10,14H,8H2,1-4H3. The second-order valence-electron chi connectivity index (χ2n) is 4.11. The predicted octanol–water partition coefficient (Wildman–Crippen LogP) is 2.68. The Morgan fingerprint density at radius 3 is 2.82 bits per heavy atom. The lowest BCUT2D eigenvalue weighted by atomic mass is 10.2. The molecule has 0 aliphatic rings. The summed E-state index contributed by atoms with van der Waals surface area (Å²) in [7, 11) is 1.33. The van der Waals surface area contributed by atoms with Crippen LogP contribution in [0.3, 0.4) is 0 Å². The van der Waals surface area contributed by atoms with Gasteiger partial charge in [-0.1, -0.05) is 11.6 Å². The van der Waals surface area contributed by atoms with Gasteiger partial charge < -0.3 is 14.5 Å². The highest BCUT2D eigenvalue weighted by molar-refractivity contribution is 5.86. The normalized spacial score (nSPS) is 12.0. The van der Waals surface area contributed by atoms with Crippen molar-refractivity contribution < 1.29 is 13.9 Å². The second kappa shape index (κ2) is 6.25. The minimum absolute atomic E-state index is 0.0593. The Morgan fingerprint density at radius 2 is 2.24 bits per heavy atom. The number of rotatable bonds is 5. The van der Waals surface area contributed by atoms with E-state index in [1.165, 1.54) is 12.7 Å². The fourth-order valence-corrected chi connectivity index (χ4v) is 1.34. The minimum Gasteiger partial charge on any atom is -0.463 e. The molecule has 0 aliphatic heterocycles. The van der Waals surface area contributed by atoms with Crippen LogP contribution in [0.25, 0.3) is 0 Å². The number of ether oxygens (including phenoxy) is 1. The third-order valence-electron chi connectivity index (χ3n) is 2.37. The number of allylic oxidation sites excluding steroid dienone is 1. The van der Waals surface area contributed by atoms with E-state index < -0.39 is 5.97 Å². The number of nitrogens with one attached hydrogen (secondary N) is 1. The summed E-state index contributed by atoms with van der Waals surface area (Å²) in [4.78, 5) is 11.2. The van der Waals surface area contributed by atoms with Gasteiger partial charge in [0.05, 0.1) is 13.2 Å². The number of carbonyl (C=O) groups excluding carboxylic acids is 1. The molecular formula is C13H19NO3. The van der Waals surface area contributed by atoms with Gasteiger partial charge in [-0.15, -0.1) is 0 Å². The summed E-state index contributed by atoms with van der Waals surface area (Å²) in [6, 6.07) is 3.47. The second-order valence-corrected chi connectivity index (χ2v) is 4.11. The van der Waals surface area contributed by atoms with Crippen molar-refractivity contribution >= 4 is 5.97 Å². The molecule has 0 saturated heterocycles. The van der Waals surface area contributed by atoms with Crippen LogP contribution in [0.15, 0.2) is 28.2 Å². The molecule has 0 radical (unpaired) electrons. The molecule has 1 aromatic rings. The fraction of sp³-hybridized carbons (Fsp3) is 0.462. The smallest absolute Gasteiger partial charge is 0.373 e. The van der Waals surface area contributed by atoms with Crippen molar-refractivity contribution in [2.75, 3.05) is 13.7 Å². The molecule has 0 fully saturated rings. The van der Waals surface area contributed by atoms with Crippen molar-refractivity contribution in [1.82, 2.24) is 5.32 Å². The molecule has 4 heteroatoms. The first kappa shape index (κ1) is 13.5. The van der Waals surface area contributed by atoms with Gasteiger partial charge in [-0.3, -0.25) is 0 Å². The molecule has 1 atom stereocenters. The Balaban J connectivity index is 2.57. The monoisotopic (exact) mass is 237 g/mol. The number of hydrogen-bond acceptors (Lipinski definition) is 4. The average Bonchev–Trinajstić information content (AvgIpc) is 2.76. The lowest BCUT2D eigenvalue weighted by Gasteiger charge is -2.09. The highest BCUT2D eigenvalue weighted by Gasteiger charge is 2.14. The van der Waals surface area contributed by atoms with E-state index in [1.807, 2.05) is 6.92 Å². The van der Waals surface area contributed by atoms with Crippen LogP contribution in [0, 0.1) is 0 Å². The molecule has 17 heavy (non-hydrogen) atoms. The third kappa shape index (κ3) is 4.07. The zero-order chi connectivity index (χ0) is 12.8. The number of carbonyl (C=O) groups is 1. The fourth-order valence-electron chi connectivity index (χ4n) is 1.34. The number of esters is 1. The lowest BCUT2D eigenvalue weighted by molar-refractivity contribution is 0.0562. The molecule has 0 saturated carbocycles. The van der Waals surface area contributed by atoms with Crippen molar-refractivity contribution in [3.63, 3.8) is 0 Å². The van der Waals surface area contributed by atoms with Crippen molar-refractivity contribution in [2.24, 2.45) is 0 Å². The van der Waals surface area contributed by atoms with E-state index in [9.17, 15) is 4.79 Å². The van der Waals surface area contributed by atoms with Gasteiger partial charge in [0.1, 0.15) is 5.76 Å². The van der Waals surface area contributed by atoms with Gasteiger partial charge in [-0.05, 0) is 32.9 Å². The van der Waals surface area contributed by atoms with Gasteiger partial charge in [0, 0.05) is 6.54 Å². The van der Waals surface area contributed by atoms with Crippen LogP contribution in [-0.4, -0.2) is 19.6 Å². The maximum atomic E-state index is 11.2. The molecule has 1 aromatic heterocycles. The van der Waals surface area contributed by atoms with Crippen LogP contribution in [0.2, 0.25) is 0 Å². The van der Waals surface area contributed by atoms with Gasteiger partial charge in [0.2, 0.25) is 5.76 Å². The van der Waals surface area contributed by atoms with Crippen LogP contribution in [0.1, 0.15) is 43.1 Å². The number of furan rings is 1. The highest BCUT2D eigenvalue weighted by atomic mass is 16.5. The molecular weight excluding hydrogens is 218 g/mol. The minimum atomic E-state index is -0.451. The zero-order valence-electron chi connectivity index (χ0n) is 10.7. The number of hydrogen-bond donors (Lipinski definition) is 1. The average molecular weight is 237 g/mol. The van der Waals surface area contributed by atoms with Crippen molar-refractivity contribution in [3.05, 3.63) is 35.3 Å². The summed E-state index contributed by atoms with van der Waals surface area (Å²) in [6.07, 6.45) is 2.10. The molecule has 0 amide bonds. The van der Waals surface area contributed by atoms with Crippen molar-refractivity contribution in [3.8, 4) is 0 Å². The van der Waals surface area contributed by atoms with E-state index in [-0.39, 0.29) is 11.8 Å². The van der Waals surface area contributed by atoms with Crippen LogP contribution in [-0.2, 0) is 4.74 Å². The first-order valence-corrected chi connectivity index (χ1v) is 5.59. The summed E-state index contributed by atoms with van der Waals surface area (Å²) in [6.45, 7) is 6.86. The SMILES string of the molecule is COC(=O)c1ccc(C(C)NCC=C(C)C)o1. The Kier molecular flexibility index (Phi) is 4.97. The van der Waals surface area contributed by atoms with Crippen molar-refractivity contribution in [2.45, 2.75) is 26.8 Å². The quantitative estimate of drug-likeness (QED) is 0.632. The molecule has 0 aromatic carbocycles. The summed E-state index contributed by atoms with van der Waals surface area (Å²) < 4.78 is 9.98. The van der Waals surface area contributed by atoms with Crippen LogP contribution < -0.4 is 5.32 Å². The summed E-state index contributed by atoms with van der Waals surface area (Å²) in [5.74, 6) is 0.513. The molecule has 1 N–H and O–H groups in total. The van der Waals surface area contributed by atoms with E-state index in [0.717, 1.165) is 12.3 Å². The van der Waals surface area contributed by atoms with Crippen LogP contribution >= 0.6 is 0 Å². The van der Waals surface area contributed by atoms with Gasteiger partial charge in [-0.2, -0.15) is 0 Å². The first-order valence-electron chi connectivity index (χ1n) is 5.59. The van der Waals surface area contributed by atoms with Gasteiger partial charge in [0.15, 0.2) is 0 Å². The molecule has 0 aliphatic carbocycles. The van der Waals surface area contributed by atoms with E-state index in [0.29, 0.717) is 0 Å². The third-order valence-corrected chi connectivity index (χ3v) is 2.37. The lowest BCUT2D eigenvalue weighted by Crippen LogP contribution is -2.18. The summed E-state index contributed by atoms with van der Waals surface area (Å²) in [5, 5.41) is 3.28. The molecule has 0 spiro atoms. The van der Waals surface area contributed by atoms with E-state index in [1.54, 1.807) is 12.1 Å². The molecule has 1 unspecified atom stereocenters. The van der Waals surface area contributed by atoms with Crippen LogP contribution in [0.5, 0.6) is 0 Å². The van der Waals surface area contributed by atoms with E-state index >= 15 is 0 Å². The topological polar surface area (TPSA) is 51.5 Å². The van der Waals surface area contributed by atoms with E-state index in [4.69, 9.17) is 4.42 Å². The Hall–Kier alpha value is -1.55. The predicted molar refractivity (Wildman–Crippen MR) is 65.9 cm³/mol. The molecule has 0 bridgehead atoms. The zero-order valence-corrected chi connectivity index (χ0v) is 10.7. The summed E-state index contributed by atoms with van der Waals surface area (Å²) in [5.41, 5.74) is 1.26. The molecule has 1 heterocycles. The molecule has 94 valence electrons. The van der Waals surface area contributed by atoms with Gasteiger partial charge in [-0.25, -0.2) is 4.79 Å². The first-order chi connectivity index (χ1) is 8.04.